The van der Waals surface area contributed by atoms with Crippen molar-refractivity contribution in [3.63, 3.8) is 0 Å². The molecule has 0 atom stereocenters. The number of aryl methyl sites for hydroxylation is 1. The molecule has 0 radical (unpaired) electrons. The van der Waals surface area contributed by atoms with E-state index >= 15 is 0 Å². The molecule has 0 aliphatic carbocycles. The molecule has 0 bridgehead atoms. The average molecular weight is 506 g/mol. The highest BCUT2D eigenvalue weighted by Crippen LogP contribution is 2.25. The molecule has 150 valence electrons. The lowest BCUT2D eigenvalue weighted by Gasteiger charge is -2.07. The van der Waals surface area contributed by atoms with Crippen LogP contribution in [0.4, 0.5) is 0 Å². The molecule has 0 saturated heterocycles. The van der Waals surface area contributed by atoms with Crippen molar-refractivity contribution in [2.45, 2.75) is 13.0 Å². The lowest BCUT2D eigenvalue weighted by molar-refractivity contribution is -0.673. The number of nitrogens with zero attached hydrogens (tertiary/aromatic N) is 1. The number of halogens is 1. The zero-order valence-corrected chi connectivity index (χ0v) is 18.7. The minimum Gasteiger partial charge on any atom is -1.00 e. The fourth-order valence-electron chi connectivity index (χ4n) is 4.12. The van der Waals surface area contributed by atoms with Crippen LogP contribution in [0.5, 0.6) is 0 Å². The summed E-state index contributed by atoms with van der Waals surface area (Å²) in [6.45, 7) is 0.961. The van der Waals surface area contributed by atoms with Crippen LogP contribution >= 0.6 is 0 Å². The van der Waals surface area contributed by atoms with Gasteiger partial charge in [-0.3, -0.25) is 0 Å². The molecule has 3 aromatic carbocycles. The molecule has 0 fully saturated rings. The number of para-hydroxylation sites is 1. The number of aliphatic hydroxyl groups excluding tert-OH is 1. The van der Waals surface area contributed by atoms with Crippen molar-refractivity contribution in [1.82, 2.24) is 4.98 Å². The highest BCUT2D eigenvalue weighted by molar-refractivity contribution is 6.05. The van der Waals surface area contributed by atoms with Crippen LogP contribution in [0.1, 0.15) is 17.7 Å². The quantitative estimate of drug-likeness (QED) is 0.215. The van der Waals surface area contributed by atoms with E-state index in [2.05, 4.69) is 88.4 Å². The molecule has 2 N–H and O–H groups in total. The van der Waals surface area contributed by atoms with E-state index < -0.39 is 0 Å². The molecule has 5 aromatic rings. The van der Waals surface area contributed by atoms with Crippen molar-refractivity contribution in [1.29, 1.82) is 0 Å². The molecule has 0 spiro atoms. The average Bonchev–Trinajstić information content (AvgIpc) is 3.19. The van der Waals surface area contributed by atoms with Crippen molar-refractivity contribution in [2.24, 2.45) is 0 Å². The number of pyridine rings is 1. The molecule has 3 nitrogen and oxygen atoms in total. The van der Waals surface area contributed by atoms with E-state index in [9.17, 15) is 5.11 Å². The molecule has 30 heavy (non-hydrogen) atoms. The number of benzene rings is 3. The van der Waals surface area contributed by atoms with Crippen LogP contribution < -0.4 is 28.5 Å². The highest BCUT2D eigenvalue weighted by atomic mass is 127. The fraction of sp³-hybridized carbons (Fsp3) is 0.115. The van der Waals surface area contributed by atoms with Crippen molar-refractivity contribution in [3.8, 4) is 0 Å². The Morgan fingerprint density at radius 1 is 0.800 bits per heavy atom. The van der Waals surface area contributed by atoms with Crippen LogP contribution in [0.25, 0.3) is 44.7 Å². The van der Waals surface area contributed by atoms with Gasteiger partial charge in [-0.15, -0.1) is 0 Å². The lowest BCUT2D eigenvalue weighted by atomic mass is 10.0. The number of H-pyrrole nitrogens is 1. The predicted molar refractivity (Wildman–Crippen MR) is 121 cm³/mol. The first kappa shape index (κ1) is 20.6. The number of fused-ring (bicyclic) bond motifs is 4. The van der Waals surface area contributed by atoms with Gasteiger partial charge in [0.2, 0.25) is 11.2 Å². The van der Waals surface area contributed by atoms with Gasteiger partial charge in [-0.1, -0.05) is 42.5 Å². The first-order valence-corrected chi connectivity index (χ1v) is 10.0. The summed E-state index contributed by atoms with van der Waals surface area (Å²) in [5, 5.41) is 14.4. The standard InChI is InChI=1S/C26H22N2O.HI/c29-17-5-16-28-21(12-10-20-18-27-25-9-4-3-8-23(20)25)13-14-24-22-7-2-1-6-19(22)11-15-26(24)28;/h1-4,6-15,18,29H,5,16-17H2;1H. The monoisotopic (exact) mass is 506 g/mol. The van der Waals surface area contributed by atoms with Gasteiger partial charge in [-0.05, 0) is 40.6 Å². The number of hydrogen-bond acceptors (Lipinski definition) is 1. The summed E-state index contributed by atoms with van der Waals surface area (Å²) in [7, 11) is 0. The van der Waals surface area contributed by atoms with E-state index in [1.54, 1.807) is 0 Å². The topological polar surface area (TPSA) is 39.9 Å². The Bertz CT molecular complexity index is 1350. The summed E-state index contributed by atoms with van der Waals surface area (Å²) in [5.41, 5.74) is 4.64. The largest absolute Gasteiger partial charge is 1.00 e. The van der Waals surface area contributed by atoms with E-state index in [1.807, 2.05) is 12.3 Å². The van der Waals surface area contributed by atoms with Crippen molar-refractivity contribution >= 4 is 44.7 Å². The fourth-order valence-corrected chi connectivity index (χ4v) is 4.12. The first-order valence-electron chi connectivity index (χ1n) is 10.0. The van der Waals surface area contributed by atoms with Gasteiger partial charge in [0.1, 0.15) is 0 Å². The Morgan fingerprint density at radius 2 is 1.60 bits per heavy atom. The molecular weight excluding hydrogens is 483 g/mol. The van der Waals surface area contributed by atoms with Crippen LogP contribution in [0, 0.1) is 0 Å². The summed E-state index contributed by atoms with van der Waals surface area (Å²) in [4.78, 5) is 3.33. The summed E-state index contributed by atoms with van der Waals surface area (Å²) in [6, 6.07) is 25.6. The zero-order valence-electron chi connectivity index (χ0n) is 16.6. The number of rotatable bonds is 5. The van der Waals surface area contributed by atoms with Gasteiger partial charge in [0.15, 0.2) is 6.54 Å². The molecular formula is C26H23IN2O. The third-order valence-corrected chi connectivity index (χ3v) is 5.57. The molecule has 0 saturated carbocycles. The van der Waals surface area contributed by atoms with Crippen molar-refractivity contribution < 1.29 is 33.7 Å². The Labute approximate surface area is 192 Å². The maximum absolute atomic E-state index is 9.43. The maximum Gasteiger partial charge on any atom is 0.213 e. The molecule has 0 aliphatic rings. The zero-order chi connectivity index (χ0) is 19.6. The molecule has 4 heteroatoms. The molecule has 2 aromatic heterocycles. The summed E-state index contributed by atoms with van der Waals surface area (Å²) < 4.78 is 2.31. The number of nitrogens with one attached hydrogen (secondary N) is 1. The van der Waals surface area contributed by atoms with Gasteiger partial charge in [0.25, 0.3) is 0 Å². The second kappa shape index (κ2) is 8.98. The predicted octanol–water partition coefficient (Wildman–Crippen LogP) is 2.32. The molecule has 0 amide bonds. The van der Waals surface area contributed by atoms with E-state index in [-0.39, 0.29) is 30.6 Å². The SMILES string of the molecule is OCCC[n+]1c(/C=C/c2c[nH]c3ccccc23)ccc2c3ccccc3ccc21.[I-]. The first-order chi connectivity index (χ1) is 14.3. The Balaban J connectivity index is 0.00000218. The summed E-state index contributed by atoms with van der Waals surface area (Å²) in [6.07, 6.45) is 7.11. The van der Waals surface area contributed by atoms with Crippen molar-refractivity contribution in [3.05, 3.63) is 90.3 Å². The van der Waals surface area contributed by atoms with Crippen LogP contribution in [0.15, 0.2) is 79.0 Å². The van der Waals surface area contributed by atoms with Gasteiger partial charge in [-0.25, -0.2) is 0 Å². The highest BCUT2D eigenvalue weighted by Gasteiger charge is 2.15. The Kier molecular flexibility index (Phi) is 6.16. The van der Waals surface area contributed by atoms with Crippen LogP contribution in [0.3, 0.4) is 0 Å². The second-order valence-corrected chi connectivity index (χ2v) is 7.33. The summed E-state index contributed by atoms with van der Waals surface area (Å²) in [5.74, 6) is 0. The molecule has 5 rings (SSSR count). The third kappa shape index (κ3) is 3.73. The maximum atomic E-state index is 9.43. The minimum absolute atomic E-state index is 0. The lowest BCUT2D eigenvalue weighted by Crippen LogP contribution is -3.00. The summed E-state index contributed by atoms with van der Waals surface area (Å²) >= 11 is 0. The van der Waals surface area contributed by atoms with E-state index in [0.29, 0.717) is 0 Å². The normalized spacial score (nSPS) is 11.5. The molecule has 2 heterocycles. The van der Waals surface area contributed by atoms with Gasteiger partial charge < -0.3 is 34.1 Å². The molecule has 0 aliphatic heterocycles. The number of aromatic nitrogens is 2. The Hall–Kier alpha value is -2.70. The second-order valence-electron chi connectivity index (χ2n) is 7.33. The van der Waals surface area contributed by atoms with E-state index in [1.165, 1.54) is 32.6 Å². The number of hydrogen-bond donors (Lipinski definition) is 2. The van der Waals surface area contributed by atoms with Crippen molar-refractivity contribution in [2.75, 3.05) is 6.61 Å². The van der Waals surface area contributed by atoms with Gasteiger partial charge in [0, 0.05) is 48.3 Å². The minimum atomic E-state index is 0. The van der Waals surface area contributed by atoms with Gasteiger partial charge in [-0.2, -0.15) is 4.57 Å². The van der Waals surface area contributed by atoms with Crippen LogP contribution in [-0.4, -0.2) is 16.7 Å². The number of aromatic amines is 1. The van der Waals surface area contributed by atoms with Gasteiger partial charge >= 0.3 is 0 Å². The van der Waals surface area contributed by atoms with Gasteiger partial charge in [0.05, 0.1) is 5.39 Å². The third-order valence-electron chi connectivity index (χ3n) is 5.57. The van der Waals surface area contributed by atoms with Crippen LogP contribution in [0.2, 0.25) is 0 Å². The van der Waals surface area contributed by atoms with Crippen LogP contribution in [-0.2, 0) is 6.54 Å². The van der Waals surface area contributed by atoms with E-state index in [0.717, 1.165) is 24.2 Å². The molecule has 0 unspecified atom stereocenters. The Morgan fingerprint density at radius 3 is 2.47 bits per heavy atom. The smallest absolute Gasteiger partial charge is 0.213 e. The number of aliphatic hydroxyl groups is 1. The van der Waals surface area contributed by atoms with E-state index in [4.69, 9.17) is 0 Å².